The third-order valence-electron chi connectivity index (χ3n) is 4.22. The summed E-state index contributed by atoms with van der Waals surface area (Å²) in [5.74, 6) is -0.0126. The van der Waals surface area contributed by atoms with Crippen LogP contribution in [0.3, 0.4) is 0 Å². The SMILES string of the molecule is COc1ccc(S(=O)(=O)N(C)C)cc1NC(=O)c1sc(-c2ccccc2)nc1C. The lowest BCUT2D eigenvalue weighted by Crippen LogP contribution is -2.22. The zero-order chi connectivity index (χ0) is 21.2. The lowest BCUT2D eigenvalue weighted by atomic mass is 10.2. The molecule has 0 bridgehead atoms. The summed E-state index contributed by atoms with van der Waals surface area (Å²) in [4.78, 5) is 17.9. The maximum Gasteiger partial charge on any atom is 0.267 e. The van der Waals surface area contributed by atoms with Crippen LogP contribution in [0.25, 0.3) is 10.6 Å². The molecule has 1 amide bonds. The lowest BCUT2D eigenvalue weighted by Gasteiger charge is -2.15. The molecule has 29 heavy (non-hydrogen) atoms. The number of anilines is 1. The standard InChI is InChI=1S/C20H21N3O4S2/c1-13-18(28-20(21-13)14-8-6-5-7-9-14)19(24)22-16-12-15(10-11-17(16)27-4)29(25,26)23(2)3/h5-12H,1-4H3,(H,22,24). The van der Waals surface area contributed by atoms with Gasteiger partial charge in [0.25, 0.3) is 5.91 Å². The number of hydrogen-bond donors (Lipinski definition) is 1. The molecule has 9 heteroatoms. The number of nitrogens with one attached hydrogen (secondary N) is 1. The number of amides is 1. The molecule has 7 nitrogen and oxygen atoms in total. The highest BCUT2D eigenvalue weighted by atomic mass is 32.2. The molecule has 152 valence electrons. The van der Waals surface area contributed by atoms with Crippen molar-refractivity contribution in [2.24, 2.45) is 0 Å². The Hall–Kier alpha value is -2.75. The van der Waals surface area contributed by atoms with Crippen molar-refractivity contribution in [1.82, 2.24) is 9.29 Å². The van der Waals surface area contributed by atoms with E-state index >= 15 is 0 Å². The van der Waals surface area contributed by atoms with Crippen molar-refractivity contribution in [2.45, 2.75) is 11.8 Å². The van der Waals surface area contributed by atoms with Gasteiger partial charge in [-0.3, -0.25) is 4.79 Å². The summed E-state index contributed by atoms with van der Waals surface area (Å²) in [7, 11) is 0.703. The number of nitrogens with zero attached hydrogens (tertiary/aromatic N) is 2. The summed E-state index contributed by atoms with van der Waals surface area (Å²) >= 11 is 1.28. The molecule has 1 aromatic heterocycles. The van der Waals surface area contributed by atoms with Gasteiger partial charge >= 0.3 is 0 Å². The van der Waals surface area contributed by atoms with Gasteiger partial charge in [-0.05, 0) is 25.1 Å². The largest absolute Gasteiger partial charge is 0.495 e. The minimum absolute atomic E-state index is 0.0598. The van der Waals surface area contributed by atoms with E-state index in [1.54, 1.807) is 6.92 Å². The van der Waals surface area contributed by atoms with E-state index in [4.69, 9.17) is 4.74 Å². The predicted octanol–water partition coefficient (Wildman–Crippen LogP) is 3.63. The van der Waals surface area contributed by atoms with Gasteiger partial charge in [0.15, 0.2) is 0 Å². The summed E-state index contributed by atoms with van der Waals surface area (Å²) in [5, 5.41) is 3.50. The summed E-state index contributed by atoms with van der Waals surface area (Å²) in [6, 6.07) is 13.9. The summed E-state index contributed by atoms with van der Waals surface area (Å²) < 4.78 is 31.2. The van der Waals surface area contributed by atoms with Crippen LogP contribution in [-0.2, 0) is 10.0 Å². The predicted molar refractivity (Wildman–Crippen MR) is 114 cm³/mol. The van der Waals surface area contributed by atoms with Crippen molar-refractivity contribution < 1.29 is 17.9 Å². The van der Waals surface area contributed by atoms with Gasteiger partial charge in [-0.25, -0.2) is 17.7 Å². The van der Waals surface area contributed by atoms with E-state index in [-0.39, 0.29) is 16.5 Å². The molecule has 0 radical (unpaired) electrons. The first-order valence-corrected chi connectivity index (χ1v) is 10.9. The molecule has 3 aromatic rings. The van der Waals surface area contributed by atoms with Crippen LogP contribution in [0.5, 0.6) is 5.75 Å². The van der Waals surface area contributed by atoms with E-state index < -0.39 is 10.0 Å². The Morgan fingerprint density at radius 1 is 1.14 bits per heavy atom. The third-order valence-corrected chi connectivity index (χ3v) is 7.24. The lowest BCUT2D eigenvalue weighted by molar-refractivity contribution is 0.102. The Balaban J connectivity index is 1.94. The van der Waals surface area contributed by atoms with Gasteiger partial charge in [0.05, 0.1) is 23.4 Å². The monoisotopic (exact) mass is 431 g/mol. The van der Waals surface area contributed by atoms with Gasteiger partial charge in [-0.15, -0.1) is 11.3 Å². The fourth-order valence-corrected chi connectivity index (χ4v) is 4.54. The van der Waals surface area contributed by atoms with Crippen LogP contribution in [0.15, 0.2) is 53.4 Å². The Morgan fingerprint density at radius 2 is 1.83 bits per heavy atom. The summed E-state index contributed by atoms with van der Waals surface area (Å²) in [6.07, 6.45) is 0. The number of carbonyl (C=O) groups excluding carboxylic acids is 1. The highest BCUT2D eigenvalue weighted by molar-refractivity contribution is 7.89. The second-order valence-electron chi connectivity index (χ2n) is 6.40. The van der Waals surface area contributed by atoms with Crippen LogP contribution in [0.2, 0.25) is 0 Å². The number of carbonyl (C=O) groups is 1. The van der Waals surface area contributed by atoms with Gasteiger partial charge in [0.2, 0.25) is 10.0 Å². The van der Waals surface area contributed by atoms with Crippen LogP contribution < -0.4 is 10.1 Å². The van der Waals surface area contributed by atoms with E-state index in [2.05, 4.69) is 10.3 Å². The van der Waals surface area contributed by atoms with Crippen molar-refractivity contribution in [3.63, 3.8) is 0 Å². The molecule has 0 fully saturated rings. The maximum atomic E-state index is 12.9. The van der Waals surface area contributed by atoms with E-state index in [0.29, 0.717) is 16.3 Å². The number of rotatable bonds is 6. The Labute approximate surface area is 174 Å². The number of hydrogen-bond acceptors (Lipinski definition) is 6. The number of thiazole rings is 1. The zero-order valence-corrected chi connectivity index (χ0v) is 18.1. The van der Waals surface area contributed by atoms with Crippen LogP contribution >= 0.6 is 11.3 Å². The summed E-state index contributed by atoms with van der Waals surface area (Å²) in [6.45, 7) is 1.77. The molecule has 0 aliphatic carbocycles. The third kappa shape index (κ3) is 4.31. The zero-order valence-electron chi connectivity index (χ0n) is 16.5. The number of aromatic nitrogens is 1. The molecular weight excluding hydrogens is 410 g/mol. The van der Waals surface area contributed by atoms with Gasteiger partial charge in [0, 0.05) is 19.7 Å². The second-order valence-corrected chi connectivity index (χ2v) is 9.55. The highest BCUT2D eigenvalue weighted by Gasteiger charge is 2.22. The number of sulfonamides is 1. The van der Waals surface area contributed by atoms with Gasteiger partial charge in [-0.2, -0.15) is 0 Å². The molecular formula is C20H21N3O4S2. The fourth-order valence-electron chi connectivity index (χ4n) is 2.65. The fraction of sp³-hybridized carbons (Fsp3) is 0.200. The number of benzene rings is 2. The quantitative estimate of drug-likeness (QED) is 0.644. The van der Waals surface area contributed by atoms with E-state index in [1.807, 2.05) is 30.3 Å². The van der Waals surface area contributed by atoms with Crippen LogP contribution in [0, 0.1) is 6.92 Å². The molecule has 0 aliphatic rings. The van der Waals surface area contributed by atoms with Crippen molar-refractivity contribution in [2.75, 3.05) is 26.5 Å². The normalized spacial score (nSPS) is 11.5. The van der Waals surface area contributed by atoms with E-state index in [0.717, 1.165) is 14.9 Å². The van der Waals surface area contributed by atoms with E-state index in [9.17, 15) is 13.2 Å². The molecule has 1 N–H and O–H groups in total. The van der Waals surface area contributed by atoms with Crippen molar-refractivity contribution in [1.29, 1.82) is 0 Å². The van der Waals surface area contributed by atoms with Crippen LogP contribution in [0.1, 0.15) is 15.4 Å². The number of aryl methyl sites for hydroxylation is 1. The van der Waals surface area contributed by atoms with Gasteiger partial charge in [-0.1, -0.05) is 30.3 Å². The summed E-state index contributed by atoms with van der Waals surface area (Å²) in [5.41, 5.74) is 1.80. The molecule has 0 unspecified atom stereocenters. The smallest absolute Gasteiger partial charge is 0.267 e. The van der Waals surface area contributed by atoms with Crippen molar-refractivity contribution in [3.8, 4) is 16.3 Å². The molecule has 2 aromatic carbocycles. The minimum Gasteiger partial charge on any atom is -0.495 e. The molecule has 0 spiro atoms. The highest BCUT2D eigenvalue weighted by Crippen LogP contribution is 2.31. The topological polar surface area (TPSA) is 88.6 Å². The number of methoxy groups -OCH3 is 1. The molecule has 1 heterocycles. The van der Waals surface area contributed by atoms with E-state index in [1.165, 1.54) is 50.7 Å². The van der Waals surface area contributed by atoms with Crippen LogP contribution in [0.4, 0.5) is 5.69 Å². The first-order chi connectivity index (χ1) is 13.7. The molecule has 0 atom stereocenters. The first-order valence-electron chi connectivity index (χ1n) is 8.69. The Kier molecular flexibility index (Phi) is 6.02. The molecule has 0 saturated carbocycles. The molecule has 0 aliphatic heterocycles. The second kappa shape index (κ2) is 8.32. The van der Waals surface area contributed by atoms with Crippen molar-refractivity contribution in [3.05, 3.63) is 59.1 Å². The van der Waals surface area contributed by atoms with Crippen molar-refractivity contribution >= 4 is 33.0 Å². The average molecular weight is 432 g/mol. The van der Waals surface area contributed by atoms with Gasteiger partial charge < -0.3 is 10.1 Å². The number of ether oxygens (including phenoxy) is 1. The van der Waals surface area contributed by atoms with Gasteiger partial charge in [0.1, 0.15) is 15.6 Å². The maximum absolute atomic E-state index is 12.9. The molecule has 0 saturated heterocycles. The Bertz CT molecular complexity index is 1140. The average Bonchev–Trinajstić information content (AvgIpc) is 3.10. The minimum atomic E-state index is -3.65. The first kappa shape index (κ1) is 21.0. The van der Waals surface area contributed by atoms with Crippen LogP contribution in [-0.4, -0.2) is 44.8 Å². The molecule has 3 rings (SSSR count). The Morgan fingerprint density at radius 3 is 2.45 bits per heavy atom.